The van der Waals surface area contributed by atoms with Crippen LogP contribution in [0, 0.1) is 5.92 Å². The van der Waals surface area contributed by atoms with Gasteiger partial charge < -0.3 is 0 Å². The molecule has 0 heterocycles. The highest BCUT2D eigenvalue weighted by Crippen LogP contribution is 2.30. The molecule has 3 N–H and O–H groups in total. The minimum Gasteiger partial charge on any atom is -0.271 e. The van der Waals surface area contributed by atoms with Gasteiger partial charge in [0, 0.05) is 6.04 Å². The maximum atomic E-state index is 5.44. The number of nitrogens with one attached hydrogen (secondary N) is 1. The van der Waals surface area contributed by atoms with E-state index in [0.717, 1.165) is 18.8 Å². The van der Waals surface area contributed by atoms with Crippen LogP contribution in [0.1, 0.15) is 32.1 Å². The Kier molecular flexibility index (Phi) is 3.60. The largest absolute Gasteiger partial charge is 0.271 e. The van der Waals surface area contributed by atoms with Gasteiger partial charge in [0.2, 0.25) is 0 Å². The summed E-state index contributed by atoms with van der Waals surface area (Å²) in [5.41, 5.74) is 2.89. The molecule has 1 rings (SSSR count). The van der Waals surface area contributed by atoms with Gasteiger partial charge in [-0.25, -0.2) is 0 Å². The van der Waals surface area contributed by atoms with Crippen LogP contribution in [0.5, 0.6) is 0 Å². The fraction of sp³-hybridized carbons (Fsp3) is 0.778. The minimum absolute atomic E-state index is 0.529. The van der Waals surface area contributed by atoms with Gasteiger partial charge in [0.1, 0.15) is 0 Å². The molecule has 0 aromatic carbocycles. The number of rotatable bonds is 5. The molecule has 0 radical (unpaired) electrons. The van der Waals surface area contributed by atoms with Crippen LogP contribution in [-0.4, -0.2) is 6.04 Å². The van der Waals surface area contributed by atoms with Crippen molar-refractivity contribution < 1.29 is 0 Å². The van der Waals surface area contributed by atoms with Crippen molar-refractivity contribution in [2.24, 2.45) is 11.8 Å². The number of hydrogen-bond donors (Lipinski definition) is 2. The summed E-state index contributed by atoms with van der Waals surface area (Å²) in [5, 5.41) is 0. The summed E-state index contributed by atoms with van der Waals surface area (Å²) in [6, 6.07) is 0.529. The number of nitrogens with two attached hydrogens (primary N) is 1. The molecule has 1 aliphatic rings. The van der Waals surface area contributed by atoms with Gasteiger partial charge in [0.25, 0.3) is 0 Å². The topological polar surface area (TPSA) is 38.0 Å². The van der Waals surface area contributed by atoms with Crippen LogP contribution >= 0.6 is 0 Å². The summed E-state index contributed by atoms with van der Waals surface area (Å²) in [6.07, 6.45) is 8.27. The Bertz CT molecular complexity index is 119. The number of allylic oxidation sites excluding steroid dienone is 1. The predicted molar refractivity (Wildman–Crippen MR) is 47.9 cm³/mol. The lowest BCUT2D eigenvalue weighted by atomic mass is 9.78. The highest BCUT2D eigenvalue weighted by atomic mass is 15.2. The zero-order valence-electron chi connectivity index (χ0n) is 7.05. The normalized spacial score (nSPS) is 20.8. The first-order valence-electron chi connectivity index (χ1n) is 4.45. The lowest BCUT2D eigenvalue weighted by molar-refractivity contribution is 0.221. The second-order valence-corrected chi connectivity index (χ2v) is 3.33. The third-order valence-electron chi connectivity index (χ3n) is 2.61. The van der Waals surface area contributed by atoms with Gasteiger partial charge in [-0.05, 0) is 31.6 Å². The molecule has 64 valence electrons. The second-order valence-electron chi connectivity index (χ2n) is 3.33. The maximum Gasteiger partial charge on any atom is 0.0241 e. The highest BCUT2D eigenvalue weighted by Gasteiger charge is 2.25. The van der Waals surface area contributed by atoms with Crippen LogP contribution < -0.4 is 11.3 Å². The van der Waals surface area contributed by atoms with E-state index in [9.17, 15) is 0 Å². The van der Waals surface area contributed by atoms with E-state index < -0.39 is 0 Å². The third-order valence-corrected chi connectivity index (χ3v) is 2.61. The second kappa shape index (κ2) is 4.52. The van der Waals surface area contributed by atoms with Gasteiger partial charge in [-0.2, -0.15) is 0 Å². The van der Waals surface area contributed by atoms with Crippen molar-refractivity contribution in [1.29, 1.82) is 0 Å². The van der Waals surface area contributed by atoms with Crippen LogP contribution in [0.15, 0.2) is 12.7 Å². The molecule has 0 spiro atoms. The zero-order chi connectivity index (χ0) is 8.10. The summed E-state index contributed by atoms with van der Waals surface area (Å²) < 4.78 is 0. The monoisotopic (exact) mass is 154 g/mol. The molecule has 2 heteroatoms. The van der Waals surface area contributed by atoms with Gasteiger partial charge >= 0.3 is 0 Å². The Hall–Kier alpha value is -0.340. The average molecular weight is 154 g/mol. The molecule has 1 saturated carbocycles. The summed E-state index contributed by atoms with van der Waals surface area (Å²) in [6.45, 7) is 3.70. The molecular weight excluding hydrogens is 136 g/mol. The van der Waals surface area contributed by atoms with Crippen molar-refractivity contribution in [1.82, 2.24) is 5.43 Å². The molecule has 1 aliphatic carbocycles. The van der Waals surface area contributed by atoms with E-state index >= 15 is 0 Å². The number of hydrazine groups is 1. The van der Waals surface area contributed by atoms with Crippen molar-refractivity contribution >= 4 is 0 Å². The van der Waals surface area contributed by atoms with Crippen LogP contribution in [0.2, 0.25) is 0 Å². The SMILES string of the molecule is C=CCCC(NN)C1CCC1. The first kappa shape index (κ1) is 8.75. The fourth-order valence-corrected chi connectivity index (χ4v) is 1.59. The Morgan fingerprint density at radius 2 is 2.36 bits per heavy atom. The molecular formula is C9H18N2. The lowest BCUT2D eigenvalue weighted by Crippen LogP contribution is -2.43. The van der Waals surface area contributed by atoms with Gasteiger partial charge in [0.05, 0.1) is 0 Å². The summed E-state index contributed by atoms with van der Waals surface area (Å²) >= 11 is 0. The molecule has 1 atom stereocenters. The summed E-state index contributed by atoms with van der Waals surface area (Å²) in [4.78, 5) is 0. The van der Waals surface area contributed by atoms with Crippen molar-refractivity contribution in [3.8, 4) is 0 Å². The van der Waals surface area contributed by atoms with Crippen LogP contribution in [0.4, 0.5) is 0 Å². The van der Waals surface area contributed by atoms with Gasteiger partial charge in [-0.3, -0.25) is 11.3 Å². The van der Waals surface area contributed by atoms with E-state index in [1.165, 1.54) is 19.3 Å². The molecule has 0 saturated heterocycles. The predicted octanol–water partition coefficient (Wildman–Crippen LogP) is 1.58. The molecule has 0 bridgehead atoms. The molecule has 0 aromatic heterocycles. The van der Waals surface area contributed by atoms with Crippen LogP contribution in [-0.2, 0) is 0 Å². The van der Waals surface area contributed by atoms with Gasteiger partial charge in [-0.1, -0.05) is 12.5 Å². The van der Waals surface area contributed by atoms with E-state index in [4.69, 9.17) is 5.84 Å². The van der Waals surface area contributed by atoms with Crippen molar-refractivity contribution in [2.75, 3.05) is 0 Å². The standard InChI is InChI=1S/C9H18N2/c1-2-3-7-9(11-10)8-5-4-6-8/h2,8-9,11H,1,3-7,10H2. The molecule has 0 aromatic rings. The minimum atomic E-state index is 0.529. The number of hydrogen-bond acceptors (Lipinski definition) is 2. The average Bonchev–Trinajstić information content (AvgIpc) is 1.93. The quantitative estimate of drug-likeness (QED) is 0.358. The molecule has 1 unspecified atom stereocenters. The molecule has 2 nitrogen and oxygen atoms in total. The zero-order valence-corrected chi connectivity index (χ0v) is 7.05. The van der Waals surface area contributed by atoms with Gasteiger partial charge in [0.15, 0.2) is 0 Å². The summed E-state index contributed by atoms with van der Waals surface area (Å²) in [5.74, 6) is 6.27. The van der Waals surface area contributed by atoms with E-state index in [2.05, 4.69) is 12.0 Å². The third kappa shape index (κ3) is 2.31. The summed E-state index contributed by atoms with van der Waals surface area (Å²) in [7, 11) is 0. The van der Waals surface area contributed by atoms with Crippen molar-refractivity contribution in [3.05, 3.63) is 12.7 Å². The fourth-order valence-electron chi connectivity index (χ4n) is 1.59. The van der Waals surface area contributed by atoms with E-state index in [1.807, 2.05) is 6.08 Å². The smallest absolute Gasteiger partial charge is 0.0241 e. The Labute approximate surface area is 68.8 Å². The van der Waals surface area contributed by atoms with Crippen LogP contribution in [0.25, 0.3) is 0 Å². The Morgan fingerprint density at radius 3 is 2.73 bits per heavy atom. The first-order valence-corrected chi connectivity index (χ1v) is 4.45. The van der Waals surface area contributed by atoms with Gasteiger partial charge in [-0.15, -0.1) is 6.58 Å². The molecule has 0 aliphatic heterocycles. The molecule has 1 fully saturated rings. The first-order chi connectivity index (χ1) is 5.38. The van der Waals surface area contributed by atoms with E-state index in [-0.39, 0.29) is 0 Å². The van der Waals surface area contributed by atoms with Crippen molar-refractivity contribution in [3.63, 3.8) is 0 Å². The Balaban J connectivity index is 2.17. The van der Waals surface area contributed by atoms with Crippen molar-refractivity contribution in [2.45, 2.75) is 38.1 Å². The molecule has 11 heavy (non-hydrogen) atoms. The van der Waals surface area contributed by atoms with E-state index in [0.29, 0.717) is 6.04 Å². The highest BCUT2D eigenvalue weighted by molar-refractivity contribution is 4.83. The lowest BCUT2D eigenvalue weighted by Gasteiger charge is -2.33. The molecule has 0 amide bonds. The van der Waals surface area contributed by atoms with E-state index in [1.54, 1.807) is 0 Å². The van der Waals surface area contributed by atoms with Crippen LogP contribution in [0.3, 0.4) is 0 Å². The Morgan fingerprint density at radius 1 is 1.64 bits per heavy atom. The maximum absolute atomic E-state index is 5.44.